The second-order valence-corrected chi connectivity index (χ2v) is 11.8. The maximum Gasteiger partial charge on any atom is 0.120 e. The maximum atomic E-state index is 11.2. The van der Waals surface area contributed by atoms with Crippen molar-refractivity contribution >= 4 is 22.7 Å². The number of aromatic hydroxyl groups is 4. The Labute approximate surface area is 279 Å². The lowest BCUT2D eigenvalue weighted by Crippen LogP contribution is -2.30. The van der Waals surface area contributed by atoms with Gasteiger partial charge in [-0.2, -0.15) is 0 Å². The van der Waals surface area contributed by atoms with Crippen LogP contribution in [0.4, 0.5) is 22.7 Å². The summed E-state index contributed by atoms with van der Waals surface area (Å²) in [7, 11) is 0. The molecule has 8 N–H and O–H groups in total. The Morgan fingerprint density at radius 2 is 0.458 bits per heavy atom. The molecular weight excluding hydrogens is 600 g/mol. The summed E-state index contributed by atoms with van der Waals surface area (Å²) in [5.74, 6) is 0.418. The summed E-state index contributed by atoms with van der Waals surface area (Å²) in [6, 6.07) is 41.8. The van der Waals surface area contributed by atoms with Crippen LogP contribution in [0.3, 0.4) is 0 Å². The Balaban J connectivity index is 1.49. The van der Waals surface area contributed by atoms with E-state index in [1.165, 1.54) is 0 Å². The minimum atomic E-state index is -0.590. The molecule has 0 amide bonds. The highest BCUT2D eigenvalue weighted by Crippen LogP contribution is 2.47. The van der Waals surface area contributed by atoms with Crippen LogP contribution in [-0.4, -0.2) is 20.4 Å². The van der Waals surface area contributed by atoms with E-state index in [2.05, 4.69) is 21.3 Å². The van der Waals surface area contributed by atoms with E-state index in [0.29, 0.717) is 22.3 Å². The predicted octanol–water partition coefficient (Wildman–Crippen LogP) is 8.84. The molecule has 6 aromatic carbocycles. The van der Waals surface area contributed by atoms with Gasteiger partial charge in [0.05, 0.1) is 46.9 Å². The molecule has 7 rings (SSSR count). The maximum absolute atomic E-state index is 11.2. The summed E-state index contributed by atoms with van der Waals surface area (Å²) in [6.45, 7) is 0. The molecule has 0 saturated heterocycles. The van der Waals surface area contributed by atoms with E-state index in [0.717, 1.165) is 22.7 Å². The summed E-state index contributed by atoms with van der Waals surface area (Å²) in [4.78, 5) is 0. The van der Waals surface area contributed by atoms with Crippen LogP contribution in [0.1, 0.15) is 46.4 Å². The van der Waals surface area contributed by atoms with Crippen molar-refractivity contribution in [1.29, 1.82) is 0 Å². The second kappa shape index (κ2) is 13.2. The highest BCUT2D eigenvalue weighted by molar-refractivity contribution is 5.74. The summed E-state index contributed by atoms with van der Waals surface area (Å²) >= 11 is 0. The van der Waals surface area contributed by atoms with E-state index < -0.39 is 24.2 Å². The van der Waals surface area contributed by atoms with Crippen molar-refractivity contribution in [2.75, 3.05) is 21.3 Å². The molecule has 6 aromatic rings. The Hall–Kier alpha value is -6.28. The van der Waals surface area contributed by atoms with Crippen molar-refractivity contribution in [2.45, 2.75) is 24.2 Å². The molecule has 240 valence electrons. The fourth-order valence-corrected chi connectivity index (χ4v) is 6.50. The summed E-state index contributed by atoms with van der Waals surface area (Å²) < 4.78 is 0. The van der Waals surface area contributed by atoms with Gasteiger partial charge in [-0.3, -0.25) is 0 Å². The average Bonchev–Trinajstić information content (AvgIpc) is 3.10. The Bertz CT molecular complexity index is 1760. The highest BCUT2D eigenvalue weighted by atomic mass is 16.3. The third-order valence-corrected chi connectivity index (χ3v) is 8.85. The fraction of sp³-hybridized carbons (Fsp3) is 0.100. The molecule has 1 aliphatic rings. The van der Waals surface area contributed by atoms with Crippen molar-refractivity contribution < 1.29 is 20.4 Å². The van der Waals surface area contributed by atoms with Gasteiger partial charge in [0, 0.05) is 22.3 Å². The number of phenols is 4. The fourth-order valence-electron chi connectivity index (χ4n) is 6.50. The molecule has 4 atom stereocenters. The number of benzene rings is 6. The number of fused-ring (bicyclic) bond motifs is 2. The number of para-hydroxylation sites is 8. The zero-order valence-corrected chi connectivity index (χ0v) is 26.0. The van der Waals surface area contributed by atoms with Gasteiger partial charge >= 0.3 is 0 Å². The van der Waals surface area contributed by atoms with Crippen LogP contribution in [0, 0.1) is 0 Å². The molecule has 0 spiro atoms. The van der Waals surface area contributed by atoms with Gasteiger partial charge in [-0.1, -0.05) is 97.1 Å². The van der Waals surface area contributed by atoms with Crippen LogP contribution in [0.2, 0.25) is 0 Å². The van der Waals surface area contributed by atoms with Crippen molar-refractivity contribution in [1.82, 2.24) is 0 Å². The smallest absolute Gasteiger partial charge is 0.120 e. The number of phenolic OH excluding ortho intramolecular Hbond substituents is 4. The molecule has 8 nitrogen and oxygen atoms in total. The molecule has 1 aliphatic heterocycles. The summed E-state index contributed by atoms with van der Waals surface area (Å²) in [6.07, 6.45) is 0. The average molecular weight is 637 g/mol. The van der Waals surface area contributed by atoms with Gasteiger partial charge in [0.15, 0.2) is 0 Å². The summed E-state index contributed by atoms with van der Waals surface area (Å²) in [5.41, 5.74) is 5.38. The topological polar surface area (TPSA) is 129 Å². The second-order valence-electron chi connectivity index (χ2n) is 11.8. The van der Waals surface area contributed by atoms with Crippen LogP contribution < -0.4 is 21.3 Å². The Kier molecular flexibility index (Phi) is 8.36. The SMILES string of the molecule is Oc1ccccc1[C@H]1Nc2ccccc2N[C@@H](c2ccccc2O)[C@H](c2ccccc2O)Nc2ccccc2N[C@@H]1c1ccccc1O. The van der Waals surface area contributed by atoms with E-state index in [1.807, 2.05) is 97.1 Å². The first kappa shape index (κ1) is 30.4. The van der Waals surface area contributed by atoms with Crippen molar-refractivity contribution in [3.05, 3.63) is 168 Å². The minimum absolute atomic E-state index is 0.105. The first-order valence-electron chi connectivity index (χ1n) is 15.8. The highest BCUT2D eigenvalue weighted by Gasteiger charge is 2.34. The lowest BCUT2D eigenvalue weighted by Gasteiger charge is -2.37. The van der Waals surface area contributed by atoms with Crippen LogP contribution in [-0.2, 0) is 0 Å². The number of anilines is 4. The third kappa shape index (κ3) is 5.99. The first-order chi connectivity index (χ1) is 23.5. The van der Waals surface area contributed by atoms with E-state index in [9.17, 15) is 20.4 Å². The molecule has 0 saturated carbocycles. The number of rotatable bonds is 4. The van der Waals surface area contributed by atoms with Gasteiger partial charge in [0.1, 0.15) is 23.0 Å². The molecule has 8 heteroatoms. The van der Waals surface area contributed by atoms with Crippen LogP contribution in [0.5, 0.6) is 23.0 Å². The zero-order valence-electron chi connectivity index (χ0n) is 26.0. The first-order valence-corrected chi connectivity index (χ1v) is 15.8. The Morgan fingerprint density at radius 3 is 0.667 bits per heavy atom. The lowest BCUT2D eigenvalue weighted by molar-refractivity contribution is 0.446. The van der Waals surface area contributed by atoms with E-state index in [1.54, 1.807) is 48.5 Å². The lowest BCUT2D eigenvalue weighted by atomic mass is 9.89. The number of hydrogen-bond acceptors (Lipinski definition) is 8. The number of hydrogen-bond donors (Lipinski definition) is 8. The van der Waals surface area contributed by atoms with Crippen molar-refractivity contribution in [3.8, 4) is 23.0 Å². The van der Waals surface area contributed by atoms with E-state index in [4.69, 9.17) is 0 Å². The molecular formula is C40H36N4O4. The number of nitrogens with one attached hydrogen (secondary N) is 4. The summed E-state index contributed by atoms with van der Waals surface area (Å²) in [5, 5.41) is 59.7. The molecule has 0 fully saturated rings. The van der Waals surface area contributed by atoms with Gasteiger partial charge in [0.2, 0.25) is 0 Å². The standard InChI is InChI=1S/C40H36N4O4/c45-33-21-9-1-13-25(33)37-38(26-14-2-10-22-34(26)46)42-31-19-7-8-20-32(31)44-40(28-16-4-12-24-36(28)48)39(27-15-3-11-23-35(27)47)43-30-18-6-5-17-29(30)41-37/h1-24,37-48H/t37-,38-,39+,40+. The molecule has 0 radical (unpaired) electrons. The molecule has 48 heavy (non-hydrogen) atoms. The van der Waals surface area contributed by atoms with Gasteiger partial charge in [-0.25, -0.2) is 0 Å². The van der Waals surface area contributed by atoms with E-state index >= 15 is 0 Å². The zero-order chi connectivity index (χ0) is 33.0. The Morgan fingerprint density at radius 1 is 0.271 bits per heavy atom. The molecule has 0 unspecified atom stereocenters. The minimum Gasteiger partial charge on any atom is -0.508 e. The van der Waals surface area contributed by atoms with Crippen LogP contribution >= 0.6 is 0 Å². The largest absolute Gasteiger partial charge is 0.508 e. The molecule has 0 aromatic heterocycles. The van der Waals surface area contributed by atoms with Crippen LogP contribution in [0.15, 0.2) is 146 Å². The van der Waals surface area contributed by atoms with Gasteiger partial charge < -0.3 is 41.7 Å². The van der Waals surface area contributed by atoms with Crippen molar-refractivity contribution in [3.63, 3.8) is 0 Å². The molecule has 0 bridgehead atoms. The van der Waals surface area contributed by atoms with Gasteiger partial charge in [0.25, 0.3) is 0 Å². The normalized spacial score (nSPS) is 19.0. The third-order valence-electron chi connectivity index (χ3n) is 8.85. The molecule has 0 aliphatic carbocycles. The van der Waals surface area contributed by atoms with Crippen LogP contribution in [0.25, 0.3) is 0 Å². The predicted molar refractivity (Wildman–Crippen MR) is 191 cm³/mol. The van der Waals surface area contributed by atoms with Crippen molar-refractivity contribution in [2.24, 2.45) is 0 Å². The van der Waals surface area contributed by atoms with E-state index in [-0.39, 0.29) is 23.0 Å². The van der Waals surface area contributed by atoms with Gasteiger partial charge in [-0.05, 0) is 48.5 Å². The molecule has 1 heterocycles. The monoisotopic (exact) mass is 636 g/mol. The quantitative estimate of drug-likeness (QED) is 0.0964. The van der Waals surface area contributed by atoms with Gasteiger partial charge in [-0.15, -0.1) is 0 Å².